The fraction of sp³-hybridized carbons (Fsp3) is 0.133. The van der Waals surface area contributed by atoms with Crippen molar-refractivity contribution in [3.63, 3.8) is 0 Å². The maximum atomic E-state index is 11.4. The lowest BCUT2D eigenvalue weighted by atomic mass is 10.1. The van der Waals surface area contributed by atoms with Crippen LogP contribution in [-0.2, 0) is 0 Å². The van der Waals surface area contributed by atoms with Crippen LogP contribution in [0.4, 0.5) is 5.69 Å². The molecule has 98 valence electrons. The highest BCUT2D eigenvalue weighted by atomic mass is 16.5. The summed E-state index contributed by atoms with van der Waals surface area (Å²) in [5.74, 6) is 1.67. The highest BCUT2D eigenvalue weighted by molar-refractivity contribution is 5.99. The van der Waals surface area contributed by atoms with E-state index in [-0.39, 0.29) is 5.78 Å². The summed E-state index contributed by atoms with van der Waals surface area (Å²) in [5.41, 5.74) is 6.63. The first kappa shape index (κ1) is 13.0. The van der Waals surface area contributed by atoms with E-state index in [1.54, 1.807) is 37.4 Å². The van der Waals surface area contributed by atoms with Crippen molar-refractivity contribution < 1.29 is 14.3 Å². The van der Waals surface area contributed by atoms with Crippen molar-refractivity contribution in [1.82, 2.24) is 0 Å². The van der Waals surface area contributed by atoms with Crippen LogP contribution < -0.4 is 15.2 Å². The number of hydrogen-bond acceptors (Lipinski definition) is 4. The Hall–Kier alpha value is -2.49. The molecular weight excluding hydrogens is 242 g/mol. The van der Waals surface area contributed by atoms with Gasteiger partial charge in [0, 0.05) is 11.3 Å². The molecule has 0 unspecified atom stereocenters. The Morgan fingerprint density at radius 2 is 1.79 bits per heavy atom. The van der Waals surface area contributed by atoms with Crippen LogP contribution in [0, 0.1) is 0 Å². The lowest BCUT2D eigenvalue weighted by Crippen LogP contribution is -2.00. The molecule has 0 saturated heterocycles. The number of nitrogens with two attached hydrogens (primary N) is 1. The predicted octanol–water partition coefficient (Wildman–Crippen LogP) is 3.27. The van der Waals surface area contributed by atoms with Gasteiger partial charge in [0.2, 0.25) is 0 Å². The number of ether oxygens (including phenoxy) is 2. The first-order chi connectivity index (χ1) is 9.11. The molecule has 2 aromatic carbocycles. The highest BCUT2D eigenvalue weighted by Gasteiger charge is 2.09. The second-order valence-electron chi connectivity index (χ2n) is 4.06. The fourth-order valence-corrected chi connectivity index (χ4v) is 1.73. The van der Waals surface area contributed by atoms with Crippen LogP contribution in [0.15, 0.2) is 42.5 Å². The molecule has 2 N–H and O–H groups in total. The number of ketones is 1. The van der Waals surface area contributed by atoms with E-state index in [0.717, 1.165) is 0 Å². The summed E-state index contributed by atoms with van der Waals surface area (Å²) in [5, 5.41) is 0. The number of hydrogen-bond donors (Lipinski definition) is 1. The lowest BCUT2D eigenvalue weighted by molar-refractivity contribution is 0.101. The van der Waals surface area contributed by atoms with E-state index >= 15 is 0 Å². The molecule has 0 atom stereocenters. The van der Waals surface area contributed by atoms with E-state index in [0.29, 0.717) is 28.5 Å². The topological polar surface area (TPSA) is 61.6 Å². The molecule has 4 heteroatoms. The van der Waals surface area contributed by atoms with Crippen LogP contribution in [0.25, 0.3) is 0 Å². The minimum Gasteiger partial charge on any atom is -0.493 e. The number of para-hydroxylation sites is 2. The third-order valence-electron chi connectivity index (χ3n) is 2.70. The van der Waals surface area contributed by atoms with Crippen molar-refractivity contribution in [2.75, 3.05) is 12.8 Å². The zero-order valence-electron chi connectivity index (χ0n) is 10.8. The number of anilines is 1. The lowest BCUT2D eigenvalue weighted by Gasteiger charge is -2.11. The summed E-state index contributed by atoms with van der Waals surface area (Å²) >= 11 is 0. The second kappa shape index (κ2) is 5.44. The maximum absolute atomic E-state index is 11.4. The normalized spacial score (nSPS) is 10.0. The van der Waals surface area contributed by atoms with Crippen molar-refractivity contribution in [3.8, 4) is 17.2 Å². The second-order valence-corrected chi connectivity index (χ2v) is 4.06. The number of methoxy groups -OCH3 is 1. The van der Waals surface area contributed by atoms with Gasteiger partial charge in [-0.25, -0.2) is 0 Å². The number of rotatable bonds is 4. The standard InChI is InChI=1S/C15H15NO3/c1-10(17)12-9-11(7-8-13(12)16)19-15-6-4-3-5-14(15)18-2/h3-9H,16H2,1-2H3. The van der Waals surface area contributed by atoms with E-state index in [9.17, 15) is 4.79 Å². The van der Waals surface area contributed by atoms with E-state index < -0.39 is 0 Å². The Bertz CT molecular complexity index is 608. The van der Waals surface area contributed by atoms with Gasteiger partial charge >= 0.3 is 0 Å². The van der Waals surface area contributed by atoms with Gasteiger partial charge in [-0.1, -0.05) is 12.1 Å². The SMILES string of the molecule is COc1ccccc1Oc1ccc(N)c(C(C)=O)c1. The molecule has 0 spiro atoms. The first-order valence-electron chi connectivity index (χ1n) is 5.83. The van der Waals surface area contributed by atoms with Crippen molar-refractivity contribution in [2.24, 2.45) is 0 Å². The van der Waals surface area contributed by atoms with Crippen LogP contribution in [0.2, 0.25) is 0 Å². The molecule has 0 heterocycles. The van der Waals surface area contributed by atoms with Crippen LogP contribution in [0.5, 0.6) is 17.2 Å². The quantitative estimate of drug-likeness (QED) is 0.674. The molecule has 0 aliphatic rings. The van der Waals surface area contributed by atoms with Crippen molar-refractivity contribution in [2.45, 2.75) is 6.92 Å². The average molecular weight is 257 g/mol. The molecule has 0 radical (unpaired) electrons. The summed E-state index contributed by atoms with van der Waals surface area (Å²) in [4.78, 5) is 11.4. The summed E-state index contributed by atoms with van der Waals surface area (Å²) in [6.07, 6.45) is 0. The Labute approximate surface area is 111 Å². The summed E-state index contributed by atoms with van der Waals surface area (Å²) in [6.45, 7) is 1.47. The maximum Gasteiger partial charge on any atom is 0.169 e. The van der Waals surface area contributed by atoms with Crippen LogP contribution in [0.3, 0.4) is 0 Å². The minimum absolute atomic E-state index is 0.0945. The Morgan fingerprint density at radius 1 is 1.11 bits per heavy atom. The van der Waals surface area contributed by atoms with Gasteiger partial charge in [-0.05, 0) is 37.3 Å². The molecule has 0 aliphatic carbocycles. The van der Waals surface area contributed by atoms with Gasteiger partial charge in [-0.3, -0.25) is 4.79 Å². The van der Waals surface area contributed by atoms with Crippen molar-refractivity contribution in [1.29, 1.82) is 0 Å². The monoisotopic (exact) mass is 257 g/mol. The summed E-state index contributed by atoms with van der Waals surface area (Å²) in [7, 11) is 1.58. The molecule has 4 nitrogen and oxygen atoms in total. The molecule has 19 heavy (non-hydrogen) atoms. The number of nitrogen functional groups attached to an aromatic ring is 1. The van der Waals surface area contributed by atoms with Crippen molar-refractivity contribution in [3.05, 3.63) is 48.0 Å². The van der Waals surface area contributed by atoms with Crippen LogP contribution in [-0.4, -0.2) is 12.9 Å². The molecule has 2 aromatic rings. The van der Waals surface area contributed by atoms with E-state index in [4.69, 9.17) is 15.2 Å². The summed E-state index contributed by atoms with van der Waals surface area (Å²) < 4.78 is 10.9. The summed E-state index contributed by atoms with van der Waals surface area (Å²) in [6, 6.07) is 12.3. The van der Waals surface area contributed by atoms with Crippen LogP contribution in [0.1, 0.15) is 17.3 Å². The fourth-order valence-electron chi connectivity index (χ4n) is 1.73. The van der Waals surface area contributed by atoms with Gasteiger partial charge in [0.25, 0.3) is 0 Å². The van der Waals surface area contributed by atoms with E-state index in [1.807, 2.05) is 12.1 Å². The number of carbonyl (C=O) groups excluding carboxylic acids is 1. The molecule has 0 bridgehead atoms. The Kier molecular flexibility index (Phi) is 3.71. The highest BCUT2D eigenvalue weighted by Crippen LogP contribution is 2.32. The molecule has 0 amide bonds. The number of benzene rings is 2. The van der Waals surface area contributed by atoms with Gasteiger partial charge in [0.15, 0.2) is 17.3 Å². The molecule has 0 aromatic heterocycles. The predicted molar refractivity (Wildman–Crippen MR) is 73.9 cm³/mol. The Balaban J connectivity index is 2.33. The molecule has 0 aliphatic heterocycles. The van der Waals surface area contributed by atoms with Crippen molar-refractivity contribution >= 4 is 11.5 Å². The molecule has 2 rings (SSSR count). The first-order valence-corrected chi connectivity index (χ1v) is 5.83. The smallest absolute Gasteiger partial charge is 0.169 e. The minimum atomic E-state index is -0.0945. The van der Waals surface area contributed by atoms with E-state index in [1.165, 1.54) is 6.92 Å². The molecule has 0 fully saturated rings. The average Bonchev–Trinajstić information content (AvgIpc) is 2.41. The molecule has 0 saturated carbocycles. The zero-order valence-corrected chi connectivity index (χ0v) is 10.8. The van der Waals surface area contributed by atoms with Gasteiger partial charge in [-0.15, -0.1) is 0 Å². The van der Waals surface area contributed by atoms with E-state index in [2.05, 4.69) is 0 Å². The third kappa shape index (κ3) is 2.85. The van der Waals surface area contributed by atoms with Gasteiger partial charge in [-0.2, -0.15) is 0 Å². The third-order valence-corrected chi connectivity index (χ3v) is 2.70. The molecular formula is C15H15NO3. The van der Waals surface area contributed by atoms with Gasteiger partial charge in [0.05, 0.1) is 7.11 Å². The largest absolute Gasteiger partial charge is 0.493 e. The number of carbonyl (C=O) groups is 1. The zero-order chi connectivity index (χ0) is 13.8. The Morgan fingerprint density at radius 3 is 2.42 bits per heavy atom. The number of Topliss-reactive ketones (excluding diaryl/α,β-unsaturated/α-hetero) is 1. The van der Waals surface area contributed by atoms with Crippen LogP contribution >= 0.6 is 0 Å². The van der Waals surface area contributed by atoms with Gasteiger partial charge in [0.1, 0.15) is 5.75 Å². The van der Waals surface area contributed by atoms with Gasteiger partial charge < -0.3 is 15.2 Å².